The van der Waals surface area contributed by atoms with Crippen molar-refractivity contribution in [2.24, 2.45) is 5.16 Å². The number of rotatable bonds is 4. The predicted molar refractivity (Wildman–Crippen MR) is 109 cm³/mol. The summed E-state index contributed by atoms with van der Waals surface area (Å²) in [6, 6.07) is 8.08. The number of nitrogens with zero attached hydrogens (tertiary/aromatic N) is 5. The summed E-state index contributed by atoms with van der Waals surface area (Å²) in [5.74, 6) is 0. The zero-order chi connectivity index (χ0) is 18.8. The van der Waals surface area contributed by atoms with Gasteiger partial charge in [0.25, 0.3) is 0 Å². The highest BCUT2D eigenvalue weighted by Gasteiger charge is 2.23. The normalized spacial score (nSPS) is 15.3. The maximum absolute atomic E-state index is 5.49. The molecule has 0 spiro atoms. The Labute approximate surface area is 162 Å². The molecular formula is C20H21N5OS. The highest BCUT2D eigenvalue weighted by atomic mass is 32.1. The monoisotopic (exact) mass is 379 g/mol. The first kappa shape index (κ1) is 17.6. The number of oxime groups is 1. The van der Waals surface area contributed by atoms with Crippen molar-refractivity contribution in [3.63, 3.8) is 0 Å². The summed E-state index contributed by atoms with van der Waals surface area (Å²) in [5.41, 5.74) is 4.77. The van der Waals surface area contributed by atoms with E-state index in [-0.39, 0.29) is 6.10 Å². The molecule has 7 heteroatoms. The summed E-state index contributed by atoms with van der Waals surface area (Å²) in [4.78, 5) is 22.3. The third-order valence-corrected chi connectivity index (χ3v) is 5.35. The SMILES string of the molecule is CC(C)ON=C1CCN(C)c2ccc(-c3cnc(-c4cccnc4)s3)nc21. The summed E-state index contributed by atoms with van der Waals surface area (Å²) < 4.78 is 0. The van der Waals surface area contributed by atoms with Crippen molar-refractivity contribution in [3.8, 4) is 21.1 Å². The van der Waals surface area contributed by atoms with Crippen molar-refractivity contribution < 1.29 is 4.84 Å². The average Bonchev–Trinajstić information content (AvgIpc) is 3.18. The molecular weight excluding hydrogens is 358 g/mol. The number of pyridine rings is 2. The van der Waals surface area contributed by atoms with Crippen LogP contribution >= 0.6 is 11.3 Å². The lowest BCUT2D eigenvalue weighted by Crippen LogP contribution is -2.30. The van der Waals surface area contributed by atoms with Crippen LogP contribution in [-0.2, 0) is 4.84 Å². The molecule has 0 saturated heterocycles. The number of anilines is 1. The van der Waals surface area contributed by atoms with E-state index in [4.69, 9.17) is 9.82 Å². The van der Waals surface area contributed by atoms with Gasteiger partial charge in [0.2, 0.25) is 0 Å². The largest absolute Gasteiger partial charge is 0.393 e. The third kappa shape index (κ3) is 3.68. The molecule has 3 aromatic rings. The van der Waals surface area contributed by atoms with E-state index in [0.29, 0.717) is 0 Å². The minimum atomic E-state index is 0.0484. The number of hydrogen-bond donors (Lipinski definition) is 0. The number of fused-ring (bicyclic) bond motifs is 1. The smallest absolute Gasteiger partial charge is 0.125 e. The van der Waals surface area contributed by atoms with E-state index in [1.807, 2.05) is 44.4 Å². The van der Waals surface area contributed by atoms with Crippen LogP contribution < -0.4 is 4.90 Å². The molecule has 0 aliphatic carbocycles. The first-order valence-corrected chi connectivity index (χ1v) is 9.75. The zero-order valence-electron chi connectivity index (χ0n) is 15.6. The van der Waals surface area contributed by atoms with Gasteiger partial charge in [-0.25, -0.2) is 9.97 Å². The van der Waals surface area contributed by atoms with Gasteiger partial charge in [0, 0.05) is 44.2 Å². The van der Waals surface area contributed by atoms with Crippen LogP contribution in [0.25, 0.3) is 21.1 Å². The van der Waals surface area contributed by atoms with Crippen molar-refractivity contribution >= 4 is 22.7 Å². The maximum atomic E-state index is 5.49. The molecule has 0 atom stereocenters. The molecule has 0 amide bonds. The number of hydrogen-bond acceptors (Lipinski definition) is 7. The van der Waals surface area contributed by atoms with Crippen LogP contribution in [0.3, 0.4) is 0 Å². The standard InChI is InChI=1S/C20H21N5OS/c1-13(2)26-24-16-8-10-25(3)17-7-6-15(23-19(16)17)18-12-22-20(27-18)14-5-4-9-21-11-14/h4-7,9,11-13H,8,10H2,1-3H3. The van der Waals surface area contributed by atoms with Crippen molar-refractivity contribution in [1.29, 1.82) is 0 Å². The molecule has 4 rings (SSSR count). The summed E-state index contributed by atoms with van der Waals surface area (Å²) >= 11 is 1.61. The zero-order valence-corrected chi connectivity index (χ0v) is 16.4. The van der Waals surface area contributed by atoms with E-state index in [1.165, 1.54) is 0 Å². The van der Waals surface area contributed by atoms with Gasteiger partial charge in [0.05, 0.1) is 16.3 Å². The minimum Gasteiger partial charge on any atom is -0.393 e. The van der Waals surface area contributed by atoms with Gasteiger partial charge >= 0.3 is 0 Å². The fraction of sp³-hybridized carbons (Fsp3) is 0.300. The van der Waals surface area contributed by atoms with Gasteiger partial charge < -0.3 is 9.74 Å². The molecule has 6 nitrogen and oxygen atoms in total. The molecule has 3 aromatic heterocycles. The lowest BCUT2D eigenvalue weighted by atomic mass is 10.1. The first-order valence-electron chi connectivity index (χ1n) is 8.93. The van der Waals surface area contributed by atoms with Crippen molar-refractivity contribution in [2.45, 2.75) is 26.4 Å². The Morgan fingerprint density at radius 1 is 1.22 bits per heavy atom. The van der Waals surface area contributed by atoms with E-state index in [2.05, 4.69) is 33.1 Å². The van der Waals surface area contributed by atoms with Crippen LogP contribution in [0, 0.1) is 0 Å². The van der Waals surface area contributed by atoms with E-state index in [0.717, 1.165) is 51.2 Å². The molecule has 1 aliphatic heterocycles. The second kappa shape index (κ2) is 7.44. The minimum absolute atomic E-state index is 0.0484. The fourth-order valence-corrected chi connectivity index (χ4v) is 3.77. The highest BCUT2D eigenvalue weighted by molar-refractivity contribution is 7.18. The van der Waals surface area contributed by atoms with Gasteiger partial charge in [0.1, 0.15) is 22.5 Å². The topological polar surface area (TPSA) is 63.5 Å². The summed E-state index contributed by atoms with van der Waals surface area (Å²) in [7, 11) is 2.08. The van der Waals surface area contributed by atoms with Gasteiger partial charge in [-0.2, -0.15) is 0 Å². The second-order valence-electron chi connectivity index (χ2n) is 6.70. The molecule has 1 aliphatic rings. The predicted octanol–water partition coefficient (Wildman–Crippen LogP) is 4.24. The first-order chi connectivity index (χ1) is 13.1. The number of thiazole rings is 1. The average molecular weight is 379 g/mol. The molecule has 0 radical (unpaired) electrons. The Morgan fingerprint density at radius 3 is 2.89 bits per heavy atom. The van der Waals surface area contributed by atoms with Gasteiger partial charge in [-0.3, -0.25) is 4.98 Å². The Morgan fingerprint density at radius 2 is 2.11 bits per heavy atom. The van der Waals surface area contributed by atoms with Gasteiger partial charge in [0.15, 0.2) is 0 Å². The molecule has 0 saturated carbocycles. The molecule has 4 heterocycles. The van der Waals surface area contributed by atoms with Crippen molar-refractivity contribution in [3.05, 3.63) is 48.5 Å². The van der Waals surface area contributed by atoms with E-state index < -0.39 is 0 Å². The highest BCUT2D eigenvalue weighted by Crippen LogP contribution is 2.33. The lowest BCUT2D eigenvalue weighted by molar-refractivity contribution is 0.0855. The van der Waals surface area contributed by atoms with Crippen molar-refractivity contribution in [2.75, 3.05) is 18.5 Å². The van der Waals surface area contributed by atoms with Gasteiger partial charge in [-0.15, -0.1) is 11.3 Å². The summed E-state index contributed by atoms with van der Waals surface area (Å²) in [5, 5.41) is 5.29. The number of aromatic nitrogens is 3. The van der Waals surface area contributed by atoms with Crippen LogP contribution in [0.1, 0.15) is 26.0 Å². The molecule has 27 heavy (non-hydrogen) atoms. The molecule has 0 unspecified atom stereocenters. The van der Waals surface area contributed by atoms with E-state index in [9.17, 15) is 0 Å². The molecule has 0 aromatic carbocycles. The van der Waals surface area contributed by atoms with Gasteiger partial charge in [-0.05, 0) is 38.1 Å². The van der Waals surface area contributed by atoms with E-state index >= 15 is 0 Å². The van der Waals surface area contributed by atoms with Crippen LogP contribution in [0.15, 0.2) is 48.0 Å². The Hall–Kier alpha value is -2.80. The van der Waals surface area contributed by atoms with Crippen LogP contribution in [0.5, 0.6) is 0 Å². The van der Waals surface area contributed by atoms with Crippen LogP contribution in [0.4, 0.5) is 5.69 Å². The molecule has 0 bridgehead atoms. The Kier molecular flexibility index (Phi) is 4.85. The van der Waals surface area contributed by atoms with E-state index in [1.54, 1.807) is 17.5 Å². The quantitative estimate of drug-likeness (QED) is 0.635. The maximum Gasteiger partial charge on any atom is 0.125 e. The Bertz CT molecular complexity index is 968. The second-order valence-corrected chi connectivity index (χ2v) is 7.73. The van der Waals surface area contributed by atoms with Crippen molar-refractivity contribution in [1.82, 2.24) is 15.0 Å². The summed E-state index contributed by atoms with van der Waals surface area (Å²) in [6.07, 6.45) is 6.32. The molecule has 0 N–H and O–H groups in total. The third-order valence-electron chi connectivity index (χ3n) is 4.28. The summed E-state index contributed by atoms with van der Waals surface area (Å²) in [6.45, 7) is 4.85. The van der Waals surface area contributed by atoms with Gasteiger partial charge in [-0.1, -0.05) is 5.16 Å². The molecule has 0 fully saturated rings. The van der Waals surface area contributed by atoms with Crippen LogP contribution in [0.2, 0.25) is 0 Å². The Balaban J connectivity index is 1.71. The lowest BCUT2D eigenvalue weighted by Gasteiger charge is -2.27. The van der Waals surface area contributed by atoms with Crippen LogP contribution in [-0.4, -0.2) is 40.4 Å². The fourth-order valence-electron chi connectivity index (χ4n) is 2.90. The molecule has 138 valence electrons.